The number of hydrogen-bond donors (Lipinski definition) is 1. The zero-order valence-electron chi connectivity index (χ0n) is 25.4. The molecule has 236 valence electrons. The summed E-state index contributed by atoms with van der Waals surface area (Å²) >= 11 is 6.55. The maximum atomic E-state index is 14.4. The monoisotopic (exact) mass is 641 g/mol. The van der Waals surface area contributed by atoms with Gasteiger partial charge < -0.3 is 19.7 Å². The first kappa shape index (κ1) is 33.1. The molecule has 1 fully saturated rings. The highest BCUT2D eigenvalue weighted by Gasteiger charge is 2.35. The molecule has 3 aromatic rings. The Morgan fingerprint density at radius 1 is 0.955 bits per heavy atom. The van der Waals surface area contributed by atoms with Crippen LogP contribution in [-0.4, -0.2) is 64.2 Å². The Labute approximate surface area is 265 Å². The van der Waals surface area contributed by atoms with E-state index >= 15 is 0 Å². The first-order chi connectivity index (χ1) is 21.1. The molecule has 3 aromatic carbocycles. The predicted octanol–water partition coefficient (Wildman–Crippen LogP) is 5.21. The molecule has 1 saturated carbocycles. The Hall–Kier alpha value is -3.76. The molecule has 1 N–H and O–H groups in total. The standard InChI is InChI=1S/C33H40ClN3O6S/c1-42-27-18-19-31(43-2)29(21-27)37(44(3,40)41)23-32(38)36(22-25-14-10-11-17-28(25)34)30(20-24-12-6-4-7-13-24)33(39)35-26-15-8-5-9-16-26/h4,6-7,10-14,17-19,21,26,30H,5,8-9,15-16,20,22-23H2,1-3H3,(H,35,39)/t30-/m0/s1. The smallest absolute Gasteiger partial charge is 0.244 e. The summed E-state index contributed by atoms with van der Waals surface area (Å²) in [5, 5.41) is 3.63. The van der Waals surface area contributed by atoms with Gasteiger partial charge in [-0.25, -0.2) is 8.42 Å². The number of benzene rings is 3. The Bertz CT molecular complexity index is 1530. The fourth-order valence-corrected chi connectivity index (χ4v) is 6.54. The zero-order valence-corrected chi connectivity index (χ0v) is 26.9. The van der Waals surface area contributed by atoms with E-state index in [-0.39, 0.29) is 36.4 Å². The first-order valence-corrected chi connectivity index (χ1v) is 16.9. The molecular weight excluding hydrogens is 602 g/mol. The minimum absolute atomic E-state index is 0.000934. The number of amides is 2. The van der Waals surface area contributed by atoms with E-state index in [1.165, 1.54) is 25.2 Å². The normalized spacial score (nSPS) is 14.4. The molecule has 1 atom stereocenters. The van der Waals surface area contributed by atoms with Crippen molar-refractivity contribution >= 4 is 39.1 Å². The van der Waals surface area contributed by atoms with Crippen LogP contribution in [0.25, 0.3) is 0 Å². The number of rotatable bonds is 13. The van der Waals surface area contributed by atoms with E-state index in [0.717, 1.165) is 48.2 Å². The number of carbonyl (C=O) groups is 2. The summed E-state index contributed by atoms with van der Waals surface area (Å²) in [5.41, 5.74) is 1.64. The molecule has 0 saturated heterocycles. The highest BCUT2D eigenvalue weighted by atomic mass is 35.5. The Balaban J connectivity index is 1.77. The van der Waals surface area contributed by atoms with Gasteiger partial charge >= 0.3 is 0 Å². The van der Waals surface area contributed by atoms with Crippen LogP contribution in [0.5, 0.6) is 11.5 Å². The molecular formula is C33H40ClN3O6S. The van der Waals surface area contributed by atoms with Gasteiger partial charge in [0.05, 0.1) is 26.2 Å². The van der Waals surface area contributed by atoms with Crippen molar-refractivity contribution in [3.63, 3.8) is 0 Å². The van der Waals surface area contributed by atoms with Crippen LogP contribution in [0.4, 0.5) is 5.69 Å². The Morgan fingerprint density at radius 2 is 1.64 bits per heavy atom. The largest absolute Gasteiger partial charge is 0.497 e. The van der Waals surface area contributed by atoms with Gasteiger partial charge in [-0.15, -0.1) is 0 Å². The summed E-state index contributed by atoms with van der Waals surface area (Å²) in [6.45, 7) is -0.574. The molecule has 1 aliphatic rings. The van der Waals surface area contributed by atoms with Crippen LogP contribution in [0.3, 0.4) is 0 Å². The minimum atomic E-state index is -3.99. The second-order valence-corrected chi connectivity index (χ2v) is 13.3. The number of methoxy groups -OCH3 is 2. The number of carbonyl (C=O) groups excluding carboxylic acids is 2. The molecule has 4 rings (SSSR count). The van der Waals surface area contributed by atoms with E-state index in [0.29, 0.717) is 16.3 Å². The summed E-state index contributed by atoms with van der Waals surface area (Å²) in [6, 6.07) is 20.4. The van der Waals surface area contributed by atoms with Gasteiger partial charge in [0.25, 0.3) is 0 Å². The first-order valence-electron chi connectivity index (χ1n) is 14.7. The van der Waals surface area contributed by atoms with Gasteiger partial charge in [0.1, 0.15) is 24.1 Å². The molecule has 0 spiro atoms. The second kappa shape index (κ2) is 15.3. The molecule has 1 aliphatic carbocycles. The number of nitrogens with zero attached hydrogens (tertiary/aromatic N) is 2. The highest BCUT2D eigenvalue weighted by molar-refractivity contribution is 7.92. The van der Waals surface area contributed by atoms with Crippen molar-refractivity contribution in [2.75, 3.05) is 31.3 Å². The number of sulfonamides is 1. The molecule has 0 radical (unpaired) electrons. The van der Waals surface area contributed by atoms with Crippen LogP contribution in [0.15, 0.2) is 72.8 Å². The average molecular weight is 642 g/mol. The topological polar surface area (TPSA) is 105 Å². The van der Waals surface area contributed by atoms with E-state index in [4.69, 9.17) is 21.1 Å². The van der Waals surface area contributed by atoms with Gasteiger partial charge in [-0.1, -0.05) is 79.4 Å². The van der Waals surface area contributed by atoms with Crippen LogP contribution in [-0.2, 0) is 32.6 Å². The van der Waals surface area contributed by atoms with Crippen LogP contribution < -0.4 is 19.1 Å². The predicted molar refractivity (Wildman–Crippen MR) is 173 cm³/mol. The molecule has 11 heteroatoms. The van der Waals surface area contributed by atoms with Gasteiger partial charge in [-0.05, 0) is 42.2 Å². The fraction of sp³-hybridized carbons (Fsp3) is 0.394. The van der Waals surface area contributed by atoms with Crippen LogP contribution in [0, 0.1) is 0 Å². The molecule has 44 heavy (non-hydrogen) atoms. The van der Waals surface area contributed by atoms with E-state index in [1.807, 2.05) is 36.4 Å². The van der Waals surface area contributed by atoms with Crippen LogP contribution >= 0.6 is 11.6 Å². The fourth-order valence-electron chi connectivity index (χ4n) is 5.49. The Kier molecular flexibility index (Phi) is 11.5. The van der Waals surface area contributed by atoms with Gasteiger partial charge in [0, 0.05) is 30.1 Å². The quantitative estimate of drug-likeness (QED) is 0.275. The van der Waals surface area contributed by atoms with Crippen molar-refractivity contribution in [3.05, 3.63) is 88.9 Å². The molecule has 0 bridgehead atoms. The van der Waals surface area contributed by atoms with Gasteiger partial charge in [0.15, 0.2) is 0 Å². The highest BCUT2D eigenvalue weighted by Crippen LogP contribution is 2.34. The van der Waals surface area contributed by atoms with Crippen molar-refractivity contribution in [2.45, 2.75) is 57.2 Å². The maximum Gasteiger partial charge on any atom is 0.244 e. The second-order valence-electron chi connectivity index (χ2n) is 11.0. The summed E-state index contributed by atoms with van der Waals surface area (Å²) in [6.07, 6.45) is 6.20. The maximum absolute atomic E-state index is 14.4. The SMILES string of the molecule is COc1ccc(OC)c(N(CC(=O)N(Cc2ccccc2Cl)[C@@H](Cc2ccccc2)C(=O)NC2CCCCC2)S(C)(=O)=O)c1. The van der Waals surface area contributed by atoms with Crippen molar-refractivity contribution in [1.82, 2.24) is 10.2 Å². The van der Waals surface area contributed by atoms with Crippen LogP contribution in [0.1, 0.15) is 43.2 Å². The number of nitrogens with one attached hydrogen (secondary N) is 1. The number of hydrogen-bond acceptors (Lipinski definition) is 6. The lowest BCUT2D eigenvalue weighted by Crippen LogP contribution is -2.55. The molecule has 0 aromatic heterocycles. The van der Waals surface area contributed by atoms with Gasteiger partial charge in [0.2, 0.25) is 21.8 Å². The Morgan fingerprint density at radius 3 is 2.27 bits per heavy atom. The van der Waals surface area contributed by atoms with E-state index in [2.05, 4.69) is 5.32 Å². The summed E-state index contributed by atoms with van der Waals surface area (Å²) < 4.78 is 38.1. The number of anilines is 1. The summed E-state index contributed by atoms with van der Waals surface area (Å²) in [4.78, 5) is 29.9. The lowest BCUT2D eigenvalue weighted by molar-refractivity contribution is -0.140. The lowest BCUT2D eigenvalue weighted by Gasteiger charge is -2.35. The molecule has 9 nitrogen and oxygen atoms in total. The van der Waals surface area contributed by atoms with Gasteiger partial charge in [-0.2, -0.15) is 0 Å². The molecule has 0 heterocycles. The average Bonchev–Trinajstić information content (AvgIpc) is 3.02. The number of ether oxygens (including phenoxy) is 2. The molecule has 0 aliphatic heterocycles. The third-order valence-corrected chi connectivity index (χ3v) is 9.35. The molecule has 0 unspecified atom stereocenters. The minimum Gasteiger partial charge on any atom is -0.497 e. The summed E-state index contributed by atoms with van der Waals surface area (Å²) in [7, 11) is -1.11. The third kappa shape index (κ3) is 8.66. The van der Waals surface area contributed by atoms with E-state index < -0.39 is 28.5 Å². The zero-order chi connectivity index (χ0) is 31.7. The van der Waals surface area contributed by atoms with Crippen LogP contribution in [0.2, 0.25) is 5.02 Å². The lowest BCUT2D eigenvalue weighted by atomic mass is 9.94. The van der Waals surface area contributed by atoms with Crippen molar-refractivity contribution in [1.29, 1.82) is 0 Å². The third-order valence-electron chi connectivity index (χ3n) is 7.86. The summed E-state index contributed by atoms with van der Waals surface area (Å²) in [5.74, 6) is -0.216. The van der Waals surface area contributed by atoms with Gasteiger partial charge in [-0.3, -0.25) is 13.9 Å². The number of halogens is 1. The van der Waals surface area contributed by atoms with E-state index in [9.17, 15) is 18.0 Å². The van der Waals surface area contributed by atoms with Crippen molar-refractivity contribution < 1.29 is 27.5 Å². The van der Waals surface area contributed by atoms with Crippen molar-refractivity contribution in [2.24, 2.45) is 0 Å². The van der Waals surface area contributed by atoms with E-state index in [1.54, 1.807) is 30.3 Å². The molecule has 2 amide bonds. The van der Waals surface area contributed by atoms with Crippen molar-refractivity contribution in [3.8, 4) is 11.5 Å².